The van der Waals surface area contributed by atoms with Gasteiger partial charge in [-0.05, 0) is 37.5 Å². The van der Waals surface area contributed by atoms with Gasteiger partial charge in [0.2, 0.25) is 0 Å². The molecule has 108 valence electrons. The molecule has 0 bridgehead atoms. The molecule has 0 unspecified atom stereocenters. The molecular weight excluding hydrogens is 282 g/mol. The van der Waals surface area contributed by atoms with Crippen LogP contribution in [0.3, 0.4) is 0 Å². The van der Waals surface area contributed by atoms with E-state index in [1.807, 2.05) is 45.0 Å². The van der Waals surface area contributed by atoms with Crippen LogP contribution in [0.15, 0.2) is 29.1 Å². The molecule has 2 aromatic heterocycles. The summed E-state index contributed by atoms with van der Waals surface area (Å²) >= 11 is 1.54. The molecule has 0 saturated heterocycles. The van der Waals surface area contributed by atoms with Gasteiger partial charge in [0, 0.05) is 11.9 Å². The minimum Gasteiger partial charge on any atom is -0.506 e. The van der Waals surface area contributed by atoms with Gasteiger partial charge in [-0.1, -0.05) is 24.3 Å². The van der Waals surface area contributed by atoms with E-state index in [0.717, 1.165) is 31.8 Å². The maximum atomic E-state index is 12.7. The summed E-state index contributed by atoms with van der Waals surface area (Å²) in [7, 11) is 1.77. The van der Waals surface area contributed by atoms with Gasteiger partial charge in [-0.2, -0.15) is 0 Å². The summed E-state index contributed by atoms with van der Waals surface area (Å²) in [6, 6.07) is 7.65. The minimum atomic E-state index is -0.157. The number of thiophene rings is 1. The minimum absolute atomic E-state index is 0.101. The highest BCUT2D eigenvalue weighted by molar-refractivity contribution is 7.18. The van der Waals surface area contributed by atoms with Crippen molar-refractivity contribution >= 4 is 21.6 Å². The van der Waals surface area contributed by atoms with E-state index in [0.29, 0.717) is 5.56 Å². The molecule has 0 radical (unpaired) electrons. The van der Waals surface area contributed by atoms with E-state index in [1.54, 1.807) is 23.0 Å². The van der Waals surface area contributed by atoms with Gasteiger partial charge in [0.25, 0.3) is 5.56 Å². The monoisotopic (exact) mass is 299 g/mol. The third kappa shape index (κ3) is 1.90. The lowest BCUT2D eigenvalue weighted by molar-refractivity contribution is 0.481. The topological polar surface area (TPSA) is 42.2 Å². The third-order valence-corrected chi connectivity index (χ3v) is 5.36. The van der Waals surface area contributed by atoms with Crippen molar-refractivity contribution < 1.29 is 5.11 Å². The molecule has 1 aromatic carbocycles. The lowest BCUT2D eigenvalue weighted by atomic mass is 9.99. The highest BCUT2D eigenvalue weighted by Crippen LogP contribution is 2.40. The summed E-state index contributed by atoms with van der Waals surface area (Å²) in [6.45, 7) is 5.95. The molecule has 0 aliphatic carbocycles. The van der Waals surface area contributed by atoms with Crippen molar-refractivity contribution in [2.24, 2.45) is 7.05 Å². The van der Waals surface area contributed by atoms with Crippen molar-refractivity contribution in [3.63, 3.8) is 0 Å². The Hall–Kier alpha value is -2.07. The Morgan fingerprint density at radius 2 is 1.81 bits per heavy atom. The van der Waals surface area contributed by atoms with Crippen LogP contribution < -0.4 is 5.56 Å². The molecule has 0 aliphatic heterocycles. The number of benzene rings is 1. The lowest BCUT2D eigenvalue weighted by Gasteiger charge is -2.11. The second kappa shape index (κ2) is 4.74. The zero-order chi connectivity index (χ0) is 15.3. The molecule has 3 aromatic rings. The van der Waals surface area contributed by atoms with E-state index >= 15 is 0 Å². The fourth-order valence-corrected chi connectivity index (χ4v) is 3.82. The third-order valence-electron chi connectivity index (χ3n) is 4.08. The van der Waals surface area contributed by atoms with E-state index in [4.69, 9.17) is 0 Å². The average molecular weight is 299 g/mol. The summed E-state index contributed by atoms with van der Waals surface area (Å²) in [6.07, 6.45) is 0. The van der Waals surface area contributed by atoms with Crippen LogP contribution in [-0.2, 0) is 7.05 Å². The standard InChI is InChI=1S/C17H17NO2S/c1-9-7-5-6-8-12(9)14-15(19)13-10(2)11(3)21-17(13)18(4)16(14)20/h5-8,19H,1-4H3. The molecule has 0 saturated carbocycles. The van der Waals surface area contributed by atoms with E-state index in [1.165, 1.54) is 0 Å². The van der Waals surface area contributed by atoms with Crippen molar-refractivity contribution in [1.82, 2.24) is 4.57 Å². The Bertz CT molecular complexity index is 919. The van der Waals surface area contributed by atoms with Crippen LogP contribution in [0, 0.1) is 20.8 Å². The van der Waals surface area contributed by atoms with Crippen LogP contribution in [0.5, 0.6) is 5.75 Å². The first-order chi connectivity index (χ1) is 9.93. The number of fused-ring (bicyclic) bond motifs is 1. The van der Waals surface area contributed by atoms with Gasteiger partial charge in [-0.15, -0.1) is 11.3 Å². The fraction of sp³-hybridized carbons (Fsp3) is 0.235. The SMILES string of the molecule is Cc1ccccc1-c1c(O)c2c(C)c(C)sc2n(C)c1=O. The van der Waals surface area contributed by atoms with E-state index < -0.39 is 0 Å². The van der Waals surface area contributed by atoms with Gasteiger partial charge in [-0.25, -0.2) is 0 Å². The number of nitrogens with zero attached hydrogens (tertiary/aromatic N) is 1. The van der Waals surface area contributed by atoms with Crippen molar-refractivity contribution in [2.45, 2.75) is 20.8 Å². The van der Waals surface area contributed by atoms with E-state index in [2.05, 4.69) is 0 Å². The van der Waals surface area contributed by atoms with Crippen molar-refractivity contribution in [1.29, 1.82) is 0 Å². The predicted octanol–water partition coefficient (Wildman–Crippen LogP) is 3.90. The molecule has 0 atom stereocenters. The Labute approximate surface area is 127 Å². The maximum Gasteiger partial charge on any atom is 0.263 e. The zero-order valence-electron chi connectivity index (χ0n) is 12.5. The van der Waals surface area contributed by atoms with Gasteiger partial charge in [0.1, 0.15) is 10.6 Å². The quantitative estimate of drug-likeness (QED) is 0.740. The Kier molecular flexibility index (Phi) is 3.14. The van der Waals surface area contributed by atoms with Crippen LogP contribution in [0.25, 0.3) is 21.3 Å². The first kappa shape index (κ1) is 13.9. The van der Waals surface area contributed by atoms with Crippen molar-refractivity contribution in [2.75, 3.05) is 0 Å². The van der Waals surface area contributed by atoms with Gasteiger partial charge in [0.05, 0.1) is 10.9 Å². The molecule has 4 heteroatoms. The van der Waals surface area contributed by atoms with Crippen LogP contribution >= 0.6 is 11.3 Å². The predicted molar refractivity (Wildman–Crippen MR) is 88.4 cm³/mol. The lowest BCUT2D eigenvalue weighted by Crippen LogP contribution is -2.18. The molecule has 3 nitrogen and oxygen atoms in total. The Morgan fingerprint density at radius 3 is 2.48 bits per heavy atom. The number of aromatic hydroxyl groups is 1. The molecule has 0 spiro atoms. The molecular formula is C17H17NO2S. The second-order valence-electron chi connectivity index (χ2n) is 5.37. The van der Waals surface area contributed by atoms with E-state index in [-0.39, 0.29) is 11.3 Å². The van der Waals surface area contributed by atoms with Crippen molar-refractivity contribution in [3.8, 4) is 16.9 Å². The summed E-state index contributed by atoms with van der Waals surface area (Å²) < 4.78 is 1.64. The first-order valence-electron chi connectivity index (χ1n) is 6.81. The maximum absolute atomic E-state index is 12.7. The molecule has 3 rings (SSSR count). The van der Waals surface area contributed by atoms with Crippen LogP contribution in [0.4, 0.5) is 0 Å². The second-order valence-corrected chi connectivity index (χ2v) is 6.57. The highest BCUT2D eigenvalue weighted by atomic mass is 32.1. The Morgan fingerprint density at radius 1 is 1.14 bits per heavy atom. The van der Waals surface area contributed by atoms with Crippen LogP contribution in [0.1, 0.15) is 16.0 Å². The molecule has 0 aliphatic rings. The summed E-state index contributed by atoms with van der Waals surface area (Å²) in [4.78, 5) is 14.6. The van der Waals surface area contributed by atoms with Gasteiger partial charge in [-0.3, -0.25) is 4.79 Å². The smallest absolute Gasteiger partial charge is 0.263 e. The van der Waals surface area contributed by atoms with Gasteiger partial charge < -0.3 is 9.67 Å². The fourth-order valence-electron chi connectivity index (χ4n) is 2.71. The summed E-state index contributed by atoms with van der Waals surface area (Å²) in [5.41, 5.74) is 3.05. The summed E-state index contributed by atoms with van der Waals surface area (Å²) in [5.74, 6) is 0.101. The molecule has 0 amide bonds. The van der Waals surface area contributed by atoms with E-state index in [9.17, 15) is 9.90 Å². The number of hydrogen-bond acceptors (Lipinski definition) is 3. The number of aromatic nitrogens is 1. The number of aryl methyl sites for hydroxylation is 4. The number of rotatable bonds is 1. The van der Waals surface area contributed by atoms with Crippen LogP contribution in [0.2, 0.25) is 0 Å². The molecule has 1 N–H and O–H groups in total. The number of hydrogen-bond donors (Lipinski definition) is 1. The van der Waals surface area contributed by atoms with Crippen LogP contribution in [-0.4, -0.2) is 9.67 Å². The average Bonchev–Trinajstić information content (AvgIpc) is 2.75. The zero-order valence-corrected chi connectivity index (χ0v) is 13.3. The number of pyridine rings is 1. The first-order valence-corrected chi connectivity index (χ1v) is 7.62. The highest BCUT2D eigenvalue weighted by Gasteiger charge is 2.21. The molecule has 2 heterocycles. The molecule has 21 heavy (non-hydrogen) atoms. The van der Waals surface area contributed by atoms with Gasteiger partial charge >= 0.3 is 0 Å². The largest absolute Gasteiger partial charge is 0.506 e. The van der Waals surface area contributed by atoms with Crippen molar-refractivity contribution in [3.05, 3.63) is 50.6 Å². The normalized spacial score (nSPS) is 11.2. The molecule has 0 fully saturated rings. The van der Waals surface area contributed by atoms with Gasteiger partial charge in [0.15, 0.2) is 0 Å². The summed E-state index contributed by atoms with van der Waals surface area (Å²) in [5, 5.41) is 11.5. The Balaban J connectivity index is 2.53.